The summed E-state index contributed by atoms with van der Waals surface area (Å²) in [4.78, 5) is 13.2. The van der Waals surface area contributed by atoms with Crippen molar-refractivity contribution in [3.8, 4) is 6.07 Å². The topological polar surface area (TPSA) is 53.3 Å². The lowest BCUT2D eigenvalue weighted by Crippen LogP contribution is -2.26. The Balaban J connectivity index is 2.51. The highest BCUT2D eigenvalue weighted by Gasteiger charge is 2.07. The molecule has 18 heavy (non-hydrogen) atoms. The molecule has 0 spiro atoms. The van der Waals surface area contributed by atoms with Crippen molar-refractivity contribution in [3.63, 3.8) is 0 Å². The molecule has 0 atom stereocenters. The standard InChI is InChI=1S/C14H18N2O2/c1-18-14(17)9-5-11-16(12-6-10-15)13-7-3-2-4-8-13/h2-4,7-8H,5-6,9,11-12H2,1H3. The van der Waals surface area contributed by atoms with E-state index in [2.05, 4.69) is 15.7 Å². The normalized spacial score (nSPS) is 9.56. The summed E-state index contributed by atoms with van der Waals surface area (Å²) in [7, 11) is 1.40. The summed E-state index contributed by atoms with van der Waals surface area (Å²) in [6, 6.07) is 12.1. The molecule has 0 heterocycles. The molecule has 0 unspecified atom stereocenters. The number of hydrogen-bond donors (Lipinski definition) is 0. The van der Waals surface area contributed by atoms with Gasteiger partial charge in [0.2, 0.25) is 0 Å². The van der Waals surface area contributed by atoms with Crippen LogP contribution in [0.5, 0.6) is 0 Å². The van der Waals surface area contributed by atoms with Crippen LogP contribution in [0.15, 0.2) is 30.3 Å². The fourth-order valence-electron chi connectivity index (χ4n) is 1.71. The smallest absolute Gasteiger partial charge is 0.305 e. The van der Waals surface area contributed by atoms with Crippen LogP contribution in [0, 0.1) is 11.3 Å². The van der Waals surface area contributed by atoms with Crippen molar-refractivity contribution in [2.75, 3.05) is 25.1 Å². The minimum absolute atomic E-state index is 0.191. The first-order chi connectivity index (χ1) is 8.77. The Morgan fingerprint density at radius 3 is 2.67 bits per heavy atom. The molecule has 4 nitrogen and oxygen atoms in total. The summed E-state index contributed by atoms with van der Waals surface area (Å²) in [5.41, 5.74) is 1.08. The van der Waals surface area contributed by atoms with Gasteiger partial charge in [-0.3, -0.25) is 4.79 Å². The van der Waals surface area contributed by atoms with Crippen LogP contribution in [0.4, 0.5) is 5.69 Å². The van der Waals surface area contributed by atoms with E-state index in [9.17, 15) is 4.79 Å². The monoisotopic (exact) mass is 246 g/mol. The molecule has 0 saturated heterocycles. The van der Waals surface area contributed by atoms with E-state index in [1.165, 1.54) is 7.11 Å². The lowest BCUT2D eigenvalue weighted by atomic mass is 10.2. The van der Waals surface area contributed by atoms with Gasteiger partial charge >= 0.3 is 5.97 Å². The van der Waals surface area contributed by atoms with E-state index in [1.54, 1.807) is 0 Å². The van der Waals surface area contributed by atoms with Gasteiger partial charge in [0.05, 0.1) is 19.6 Å². The molecule has 1 aromatic carbocycles. The van der Waals surface area contributed by atoms with Crippen LogP contribution >= 0.6 is 0 Å². The van der Waals surface area contributed by atoms with Crippen LogP contribution in [0.25, 0.3) is 0 Å². The van der Waals surface area contributed by atoms with Gasteiger partial charge in [0, 0.05) is 25.2 Å². The van der Waals surface area contributed by atoms with Crippen molar-refractivity contribution in [1.29, 1.82) is 5.26 Å². The molecule has 1 rings (SSSR count). The molecule has 0 N–H and O–H groups in total. The van der Waals surface area contributed by atoms with E-state index in [1.807, 2.05) is 30.3 Å². The SMILES string of the molecule is COC(=O)CCCN(CCC#N)c1ccccc1. The molecule has 0 aromatic heterocycles. The number of nitrogens with zero attached hydrogens (tertiary/aromatic N) is 2. The Hall–Kier alpha value is -2.02. The number of methoxy groups -OCH3 is 1. The maximum Gasteiger partial charge on any atom is 0.305 e. The summed E-state index contributed by atoms with van der Waals surface area (Å²) in [5.74, 6) is -0.191. The predicted octanol–water partition coefficient (Wildman–Crippen LogP) is 2.36. The number of esters is 1. The fourth-order valence-corrected chi connectivity index (χ4v) is 1.71. The lowest BCUT2D eigenvalue weighted by Gasteiger charge is -2.23. The van der Waals surface area contributed by atoms with Gasteiger partial charge in [-0.25, -0.2) is 0 Å². The maximum absolute atomic E-state index is 11.1. The van der Waals surface area contributed by atoms with Crippen molar-refractivity contribution >= 4 is 11.7 Å². The molecule has 0 bridgehead atoms. The van der Waals surface area contributed by atoms with Gasteiger partial charge in [0.15, 0.2) is 0 Å². The molecule has 1 aromatic rings. The fraction of sp³-hybridized carbons (Fsp3) is 0.429. The minimum atomic E-state index is -0.191. The summed E-state index contributed by atoms with van der Waals surface area (Å²) in [6.07, 6.45) is 1.62. The second kappa shape index (κ2) is 8.13. The number of hydrogen-bond acceptors (Lipinski definition) is 4. The predicted molar refractivity (Wildman–Crippen MR) is 70.1 cm³/mol. The Bertz CT molecular complexity index is 398. The van der Waals surface area contributed by atoms with E-state index < -0.39 is 0 Å². The number of nitriles is 1. The molecule has 4 heteroatoms. The largest absolute Gasteiger partial charge is 0.469 e. The zero-order valence-electron chi connectivity index (χ0n) is 10.6. The average Bonchev–Trinajstić information content (AvgIpc) is 2.43. The third kappa shape index (κ3) is 4.88. The highest BCUT2D eigenvalue weighted by molar-refractivity contribution is 5.69. The number of anilines is 1. The van der Waals surface area contributed by atoms with E-state index in [4.69, 9.17) is 5.26 Å². The Labute approximate surface area is 108 Å². The molecular formula is C14H18N2O2. The number of carbonyl (C=O) groups is 1. The van der Waals surface area contributed by atoms with Gasteiger partial charge in [0.25, 0.3) is 0 Å². The van der Waals surface area contributed by atoms with Crippen LogP contribution in [0.3, 0.4) is 0 Å². The summed E-state index contributed by atoms with van der Waals surface area (Å²) in [5, 5.41) is 8.66. The van der Waals surface area contributed by atoms with Crippen molar-refractivity contribution in [1.82, 2.24) is 0 Å². The number of ether oxygens (including phenoxy) is 1. The van der Waals surface area contributed by atoms with E-state index >= 15 is 0 Å². The number of benzene rings is 1. The quantitative estimate of drug-likeness (QED) is 0.693. The number of para-hydroxylation sites is 1. The average molecular weight is 246 g/mol. The van der Waals surface area contributed by atoms with Crippen LogP contribution in [0.2, 0.25) is 0 Å². The zero-order valence-corrected chi connectivity index (χ0v) is 10.6. The van der Waals surface area contributed by atoms with Crippen molar-refractivity contribution < 1.29 is 9.53 Å². The van der Waals surface area contributed by atoms with Crippen LogP contribution in [0.1, 0.15) is 19.3 Å². The summed E-state index contributed by atoms with van der Waals surface area (Å²) in [6.45, 7) is 1.43. The zero-order chi connectivity index (χ0) is 13.2. The van der Waals surface area contributed by atoms with Crippen LogP contribution in [-0.4, -0.2) is 26.2 Å². The highest BCUT2D eigenvalue weighted by Crippen LogP contribution is 2.14. The van der Waals surface area contributed by atoms with E-state index in [0.29, 0.717) is 19.4 Å². The van der Waals surface area contributed by atoms with Crippen LogP contribution < -0.4 is 4.90 Å². The molecule has 0 radical (unpaired) electrons. The first-order valence-corrected chi connectivity index (χ1v) is 6.01. The Kier molecular flexibility index (Phi) is 6.34. The van der Waals surface area contributed by atoms with E-state index in [-0.39, 0.29) is 5.97 Å². The third-order valence-electron chi connectivity index (χ3n) is 2.65. The van der Waals surface area contributed by atoms with Gasteiger partial charge in [-0.15, -0.1) is 0 Å². The summed E-state index contributed by atoms with van der Waals surface area (Å²) >= 11 is 0. The molecule has 96 valence electrons. The van der Waals surface area contributed by atoms with Crippen molar-refractivity contribution in [2.45, 2.75) is 19.3 Å². The molecule has 0 fully saturated rings. The lowest BCUT2D eigenvalue weighted by molar-refractivity contribution is -0.140. The number of carbonyl (C=O) groups excluding carboxylic acids is 1. The molecule has 0 saturated carbocycles. The molecule has 0 aliphatic rings. The van der Waals surface area contributed by atoms with Gasteiger partial charge < -0.3 is 9.64 Å². The van der Waals surface area contributed by atoms with Gasteiger partial charge in [-0.05, 0) is 18.6 Å². The first kappa shape index (κ1) is 14.0. The molecular weight excluding hydrogens is 228 g/mol. The van der Waals surface area contributed by atoms with Gasteiger partial charge in [-0.2, -0.15) is 5.26 Å². The van der Waals surface area contributed by atoms with Gasteiger partial charge in [0.1, 0.15) is 0 Å². The second-order valence-corrected chi connectivity index (χ2v) is 3.91. The highest BCUT2D eigenvalue weighted by atomic mass is 16.5. The first-order valence-electron chi connectivity index (χ1n) is 6.01. The maximum atomic E-state index is 11.1. The van der Waals surface area contributed by atoms with Crippen LogP contribution in [-0.2, 0) is 9.53 Å². The number of rotatable bonds is 7. The minimum Gasteiger partial charge on any atom is -0.469 e. The molecule has 0 aliphatic heterocycles. The van der Waals surface area contributed by atoms with Crippen molar-refractivity contribution in [2.24, 2.45) is 0 Å². The third-order valence-corrected chi connectivity index (χ3v) is 2.65. The molecule has 0 amide bonds. The summed E-state index contributed by atoms with van der Waals surface area (Å²) < 4.78 is 4.61. The van der Waals surface area contributed by atoms with Gasteiger partial charge in [-0.1, -0.05) is 18.2 Å². The van der Waals surface area contributed by atoms with Crippen molar-refractivity contribution in [3.05, 3.63) is 30.3 Å². The second-order valence-electron chi connectivity index (χ2n) is 3.91. The Morgan fingerprint density at radius 2 is 2.06 bits per heavy atom. The van der Waals surface area contributed by atoms with E-state index in [0.717, 1.165) is 18.7 Å². The molecule has 0 aliphatic carbocycles. The Morgan fingerprint density at radius 1 is 1.33 bits per heavy atom.